The molecule has 1 heteroatoms. The first-order valence-electron chi connectivity index (χ1n) is 4.75. The maximum absolute atomic E-state index is 10.9. The summed E-state index contributed by atoms with van der Waals surface area (Å²) in [4.78, 5) is 10.9. The molecule has 0 N–H and O–H groups in total. The standard InChI is InChI=1S/C8H16O.C2H6/c1-4-6-7(3)8(9)5-2;1-2/h7H,4-6H2,1-3H3;1-2H3. The van der Waals surface area contributed by atoms with Gasteiger partial charge in [0, 0.05) is 12.3 Å². The molecule has 1 nitrogen and oxygen atoms in total. The van der Waals surface area contributed by atoms with Crippen molar-refractivity contribution in [1.29, 1.82) is 0 Å². The lowest BCUT2D eigenvalue weighted by Crippen LogP contribution is -2.08. The Labute approximate surface area is 71.2 Å². The molecule has 0 radical (unpaired) electrons. The Morgan fingerprint density at radius 1 is 1.27 bits per heavy atom. The Morgan fingerprint density at radius 2 is 1.73 bits per heavy atom. The van der Waals surface area contributed by atoms with E-state index in [1.165, 1.54) is 0 Å². The molecule has 1 atom stereocenters. The van der Waals surface area contributed by atoms with Crippen molar-refractivity contribution in [3.8, 4) is 0 Å². The van der Waals surface area contributed by atoms with E-state index in [0.717, 1.165) is 12.8 Å². The Bertz CT molecular complexity index is 86.9. The molecule has 0 saturated carbocycles. The van der Waals surface area contributed by atoms with E-state index < -0.39 is 0 Å². The molecule has 0 spiro atoms. The summed E-state index contributed by atoms with van der Waals surface area (Å²) in [5, 5.41) is 0. The van der Waals surface area contributed by atoms with Gasteiger partial charge in [-0.1, -0.05) is 41.0 Å². The van der Waals surface area contributed by atoms with Gasteiger partial charge in [-0.15, -0.1) is 0 Å². The van der Waals surface area contributed by atoms with E-state index in [2.05, 4.69) is 6.92 Å². The lowest BCUT2D eigenvalue weighted by Gasteiger charge is -2.04. The number of carbonyl (C=O) groups is 1. The van der Waals surface area contributed by atoms with Crippen molar-refractivity contribution in [3.05, 3.63) is 0 Å². The van der Waals surface area contributed by atoms with Crippen LogP contribution in [0.2, 0.25) is 0 Å². The molecule has 0 rings (SSSR count). The Morgan fingerprint density at radius 3 is 2.00 bits per heavy atom. The van der Waals surface area contributed by atoms with Crippen LogP contribution < -0.4 is 0 Å². The molecule has 0 bridgehead atoms. The zero-order chi connectivity index (χ0) is 9.28. The molecule has 1 unspecified atom stereocenters. The minimum atomic E-state index is 0.292. The van der Waals surface area contributed by atoms with E-state index in [4.69, 9.17) is 0 Å². The van der Waals surface area contributed by atoms with E-state index in [0.29, 0.717) is 18.1 Å². The summed E-state index contributed by atoms with van der Waals surface area (Å²) >= 11 is 0. The molecular formula is C10H22O. The van der Waals surface area contributed by atoms with Crippen molar-refractivity contribution in [2.24, 2.45) is 5.92 Å². The van der Waals surface area contributed by atoms with Crippen LogP contribution in [0.15, 0.2) is 0 Å². The number of hydrogen-bond acceptors (Lipinski definition) is 1. The highest BCUT2D eigenvalue weighted by molar-refractivity contribution is 5.80. The third kappa shape index (κ3) is 7.57. The number of Topliss-reactive ketones (excluding diaryl/α,β-unsaturated/α-hetero) is 1. The fraction of sp³-hybridized carbons (Fsp3) is 0.900. The van der Waals surface area contributed by atoms with Crippen LogP contribution in [-0.4, -0.2) is 5.78 Å². The monoisotopic (exact) mass is 158 g/mol. The Hall–Kier alpha value is -0.330. The maximum atomic E-state index is 10.9. The van der Waals surface area contributed by atoms with Crippen LogP contribution in [0.5, 0.6) is 0 Å². The molecule has 0 amide bonds. The molecule has 68 valence electrons. The SMILES string of the molecule is CC.CCCC(C)C(=O)CC. The van der Waals surface area contributed by atoms with Crippen LogP contribution in [0.3, 0.4) is 0 Å². The number of rotatable bonds is 4. The Balaban J connectivity index is 0. The first-order valence-corrected chi connectivity index (χ1v) is 4.75. The van der Waals surface area contributed by atoms with Crippen molar-refractivity contribution in [2.45, 2.75) is 53.9 Å². The highest BCUT2D eigenvalue weighted by atomic mass is 16.1. The predicted octanol–water partition coefficient (Wildman–Crippen LogP) is 3.43. The molecule has 0 aliphatic carbocycles. The average Bonchev–Trinajstić information content (AvgIpc) is 2.07. The van der Waals surface area contributed by atoms with Crippen molar-refractivity contribution >= 4 is 5.78 Å². The predicted molar refractivity (Wildman–Crippen MR) is 50.7 cm³/mol. The van der Waals surface area contributed by atoms with Gasteiger partial charge in [0.1, 0.15) is 5.78 Å². The highest BCUT2D eigenvalue weighted by Crippen LogP contribution is 2.07. The topological polar surface area (TPSA) is 17.1 Å². The second-order valence-electron chi connectivity index (χ2n) is 2.51. The minimum absolute atomic E-state index is 0.292. The second-order valence-corrected chi connectivity index (χ2v) is 2.51. The van der Waals surface area contributed by atoms with Gasteiger partial charge in [0.05, 0.1) is 0 Å². The molecule has 0 aromatic carbocycles. The zero-order valence-corrected chi connectivity index (χ0v) is 8.61. The first kappa shape index (κ1) is 13.3. The smallest absolute Gasteiger partial charge is 0.135 e. The van der Waals surface area contributed by atoms with Gasteiger partial charge in [0.25, 0.3) is 0 Å². The fourth-order valence-corrected chi connectivity index (χ4v) is 0.942. The van der Waals surface area contributed by atoms with Crippen molar-refractivity contribution in [2.75, 3.05) is 0 Å². The molecule has 0 fully saturated rings. The van der Waals surface area contributed by atoms with Gasteiger partial charge in [-0.05, 0) is 6.42 Å². The van der Waals surface area contributed by atoms with Gasteiger partial charge in [0.2, 0.25) is 0 Å². The van der Waals surface area contributed by atoms with Gasteiger partial charge >= 0.3 is 0 Å². The fourth-order valence-electron chi connectivity index (χ4n) is 0.942. The second kappa shape index (κ2) is 9.67. The quantitative estimate of drug-likeness (QED) is 0.612. The van der Waals surface area contributed by atoms with Crippen LogP contribution in [0.25, 0.3) is 0 Å². The minimum Gasteiger partial charge on any atom is -0.299 e. The largest absolute Gasteiger partial charge is 0.299 e. The van der Waals surface area contributed by atoms with E-state index in [1.54, 1.807) is 0 Å². The molecule has 0 heterocycles. The zero-order valence-electron chi connectivity index (χ0n) is 8.61. The summed E-state index contributed by atoms with van der Waals surface area (Å²) in [6.45, 7) is 10.0. The van der Waals surface area contributed by atoms with E-state index in [1.807, 2.05) is 27.7 Å². The summed E-state index contributed by atoms with van der Waals surface area (Å²) < 4.78 is 0. The van der Waals surface area contributed by atoms with E-state index >= 15 is 0 Å². The molecule has 0 saturated heterocycles. The molecule has 0 aliphatic heterocycles. The van der Waals surface area contributed by atoms with Gasteiger partial charge in [0.15, 0.2) is 0 Å². The summed E-state index contributed by atoms with van der Waals surface area (Å²) in [5.74, 6) is 0.692. The number of carbonyl (C=O) groups excluding carboxylic acids is 1. The highest BCUT2D eigenvalue weighted by Gasteiger charge is 2.07. The molecule has 11 heavy (non-hydrogen) atoms. The van der Waals surface area contributed by atoms with E-state index in [9.17, 15) is 4.79 Å². The van der Waals surface area contributed by atoms with Crippen LogP contribution in [0.1, 0.15) is 53.9 Å². The van der Waals surface area contributed by atoms with Gasteiger partial charge < -0.3 is 0 Å². The van der Waals surface area contributed by atoms with E-state index in [-0.39, 0.29) is 0 Å². The average molecular weight is 158 g/mol. The summed E-state index contributed by atoms with van der Waals surface area (Å²) in [7, 11) is 0. The summed E-state index contributed by atoms with van der Waals surface area (Å²) in [6, 6.07) is 0. The van der Waals surface area contributed by atoms with Crippen molar-refractivity contribution in [3.63, 3.8) is 0 Å². The molecule has 0 aromatic rings. The molecule has 0 aliphatic rings. The van der Waals surface area contributed by atoms with Crippen molar-refractivity contribution < 1.29 is 4.79 Å². The lowest BCUT2D eigenvalue weighted by molar-refractivity contribution is -0.122. The van der Waals surface area contributed by atoms with Gasteiger partial charge in [-0.3, -0.25) is 4.79 Å². The molecular weight excluding hydrogens is 136 g/mol. The van der Waals surface area contributed by atoms with Crippen LogP contribution in [0, 0.1) is 5.92 Å². The number of ketones is 1. The van der Waals surface area contributed by atoms with Crippen LogP contribution >= 0.6 is 0 Å². The third-order valence-electron chi connectivity index (χ3n) is 1.62. The maximum Gasteiger partial charge on any atom is 0.135 e. The summed E-state index contributed by atoms with van der Waals surface area (Å²) in [6.07, 6.45) is 2.86. The van der Waals surface area contributed by atoms with Gasteiger partial charge in [-0.2, -0.15) is 0 Å². The van der Waals surface area contributed by atoms with Crippen molar-refractivity contribution in [1.82, 2.24) is 0 Å². The first-order chi connectivity index (χ1) is 5.22. The normalized spacial score (nSPS) is 11.4. The van der Waals surface area contributed by atoms with Crippen LogP contribution in [-0.2, 0) is 4.79 Å². The summed E-state index contributed by atoms with van der Waals surface area (Å²) in [5.41, 5.74) is 0. The molecule has 0 aromatic heterocycles. The lowest BCUT2D eigenvalue weighted by atomic mass is 10.00. The number of hydrogen-bond donors (Lipinski definition) is 0. The van der Waals surface area contributed by atoms with Gasteiger partial charge in [-0.25, -0.2) is 0 Å². The van der Waals surface area contributed by atoms with Crippen LogP contribution in [0.4, 0.5) is 0 Å². The third-order valence-corrected chi connectivity index (χ3v) is 1.62. The Kier molecular flexibility index (Phi) is 11.7.